The Morgan fingerprint density at radius 2 is 1.70 bits per heavy atom. The van der Waals surface area contributed by atoms with Gasteiger partial charge in [0.25, 0.3) is 0 Å². The summed E-state index contributed by atoms with van der Waals surface area (Å²) in [5.41, 5.74) is 0.302. The molecule has 0 aliphatic heterocycles. The molecule has 1 aromatic rings. The van der Waals surface area contributed by atoms with Gasteiger partial charge >= 0.3 is 13.6 Å². The number of carbonyl (C=O) groups is 1. The van der Waals surface area contributed by atoms with Crippen LogP contribution >= 0.6 is 7.60 Å². The van der Waals surface area contributed by atoms with Crippen molar-refractivity contribution >= 4 is 18.9 Å². The summed E-state index contributed by atoms with van der Waals surface area (Å²) in [4.78, 5) is 29.6. The molecule has 0 aliphatic carbocycles. The number of carbonyl (C=O) groups excluding carboxylic acids is 1. The third-order valence-corrected chi connectivity index (χ3v) is 3.89. The number of unbranched alkanes of at least 4 members (excludes halogenated alkanes) is 4. The number of esters is 1. The van der Waals surface area contributed by atoms with Crippen LogP contribution in [0.25, 0.3) is 0 Å². The summed E-state index contributed by atoms with van der Waals surface area (Å²) in [5, 5.41) is -0.103. The van der Waals surface area contributed by atoms with E-state index in [2.05, 4.69) is 6.92 Å². The van der Waals surface area contributed by atoms with E-state index in [9.17, 15) is 9.36 Å². The van der Waals surface area contributed by atoms with Gasteiger partial charge in [-0.1, -0.05) is 32.6 Å². The standard InChI is InChI=1S/C14H21O5P/c1-2-3-4-5-6-11-19-14(15)12-7-9-13(10-8-12)20(16,17)18/h7-10H,2-6,11H2,1H3,(H2,16,17,18). The van der Waals surface area contributed by atoms with Crippen molar-refractivity contribution in [3.63, 3.8) is 0 Å². The van der Waals surface area contributed by atoms with Gasteiger partial charge in [-0.3, -0.25) is 4.57 Å². The van der Waals surface area contributed by atoms with Gasteiger partial charge in [0.1, 0.15) is 0 Å². The van der Waals surface area contributed by atoms with Crippen LogP contribution in [-0.4, -0.2) is 22.4 Å². The first-order chi connectivity index (χ1) is 9.45. The van der Waals surface area contributed by atoms with Crippen LogP contribution in [0.2, 0.25) is 0 Å². The highest BCUT2D eigenvalue weighted by Crippen LogP contribution is 2.32. The number of hydrogen-bond donors (Lipinski definition) is 2. The Morgan fingerprint density at radius 1 is 1.10 bits per heavy atom. The Kier molecular flexibility index (Phi) is 6.93. The highest BCUT2D eigenvalue weighted by atomic mass is 31.2. The molecule has 0 spiro atoms. The lowest BCUT2D eigenvalue weighted by Crippen LogP contribution is -2.09. The second-order valence-electron chi connectivity index (χ2n) is 4.64. The second-order valence-corrected chi connectivity index (χ2v) is 6.25. The average molecular weight is 300 g/mol. The Labute approximate surface area is 119 Å². The molecule has 0 atom stereocenters. The molecule has 0 fully saturated rings. The smallest absolute Gasteiger partial charge is 0.356 e. The zero-order valence-corrected chi connectivity index (χ0v) is 12.5. The number of hydrogen-bond acceptors (Lipinski definition) is 3. The van der Waals surface area contributed by atoms with Gasteiger partial charge in [-0.2, -0.15) is 0 Å². The van der Waals surface area contributed by atoms with Crippen LogP contribution in [0.3, 0.4) is 0 Å². The summed E-state index contributed by atoms with van der Waals surface area (Å²) in [7, 11) is -4.26. The molecule has 0 unspecified atom stereocenters. The van der Waals surface area contributed by atoms with Crippen molar-refractivity contribution in [1.82, 2.24) is 0 Å². The molecular formula is C14H21O5P. The molecule has 112 valence electrons. The van der Waals surface area contributed by atoms with Crippen LogP contribution in [0.15, 0.2) is 24.3 Å². The molecule has 6 heteroatoms. The lowest BCUT2D eigenvalue weighted by molar-refractivity contribution is 0.0497. The monoisotopic (exact) mass is 300 g/mol. The van der Waals surface area contributed by atoms with E-state index in [-0.39, 0.29) is 5.30 Å². The van der Waals surface area contributed by atoms with E-state index in [1.54, 1.807) is 0 Å². The quantitative estimate of drug-likeness (QED) is 0.438. The first-order valence-corrected chi connectivity index (χ1v) is 8.39. The summed E-state index contributed by atoms with van der Waals surface area (Å²) in [6, 6.07) is 5.24. The molecule has 0 saturated heterocycles. The van der Waals surface area contributed by atoms with E-state index in [1.165, 1.54) is 37.1 Å². The van der Waals surface area contributed by atoms with Crippen LogP contribution in [0, 0.1) is 0 Å². The highest BCUT2D eigenvalue weighted by Gasteiger charge is 2.17. The molecular weight excluding hydrogens is 279 g/mol. The van der Waals surface area contributed by atoms with Crippen molar-refractivity contribution in [2.75, 3.05) is 6.61 Å². The van der Waals surface area contributed by atoms with Crippen LogP contribution in [0.5, 0.6) is 0 Å². The largest absolute Gasteiger partial charge is 0.462 e. The molecule has 1 rings (SSSR count). The Bertz CT molecular complexity index is 463. The molecule has 5 nitrogen and oxygen atoms in total. The summed E-state index contributed by atoms with van der Waals surface area (Å²) in [6.07, 6.45) is 5.39. The number of ether oxygens (including phenoxy) is 1. The summed E-state index contributed by atoms with van der Waals surface area (Å²) < 4.78 is 16.1. The minimum Gasteiger partial charge on any atom is -0.462 e. The van der Waals surface area contributed by atoms with E-state index in [0.29, 0.717) is 12.2 Å². The van der Waals surface area contributed by atoms with Gasteiger partial charge in [-0.05, 0) is 30.7 Å². The maximum atomic E-state index is 11.7. The lowest BCUT2D eigenvalue weighted by atomic mass is 10.2. The summed E-state index contributed by atoms with van der Waals surface area (Å²) in [6.45, 7) is 2.52. The summed E-state index contributed by atoms with van der Waals surface area (Å²) >= 11 is 0. The molecule has 0 aliphatic rings. The third kappa shape index (κ3) is 5.87. The van der Waals surface area contributed by atoms with Gasteiger partial charge in [0, 0.05) is 0 Å². The van der Waals surface area contributed by atoms with Crippen LogP contribution in [0.1, 0.15) is 49.4 Å². The predicted molar refractivity (Wildman–Crippen MR) is 77.2 cm³/mol. The number of benzene rings is 1. The Hall–Kier alpha value is -1.16. The minimum absolute atomic E-state index is 0.103. The average Bonchev–Trinajstić information content (AvgIpc) is 2.41. The van der Waals surface area contributed by atoms with Gasteiger partial charge in [0.05, 0.1) is 17.5 Å². The van der Waals surface area contributed by atoms with Crippen LogP contribution in [-0.2, 0) is 9.30 Å². The maximum Gasteiger partial charge on any atom is 0.356 e. The van der Waals surface area contributed by atoms with E-state index < -0.39 is 13.6 Å². The fourth-order valence-electron chi connectivity index (χ4n) is 1.75. The normalized spacial score (nSPS) is 11.3. The molecule has 0 aromatic heterocycles. The Morgan fingerprint density at radius 3 is 2.25 bits per heavy atom. The van der Waals surface area contributed by atoms with Crippen molar-refractivity contribution < 1.29 is 23.9 Å². The van der Waals surface area contributed by atoms with E-state index in [0.717, 1.165) is 19.3 Å². The third-order valence-electron chi connectivity index (χ3n) is 2.92. The number of rotatable bonds is 8. The predicted octanol–water partition coefficient (Wildman–Crippen LogP) is 2.62. The van der Waals surface area contributed by atoms with Crippen molar-refractivity contribution in [2.45, 2.75) is 39.0 Å². The van der Waals surface area contributed by atoms with E-state index in [1.807, 2.05) is 0 Å². The minimum atomic E-state index is -4.26. The zero-order valence-electron chi connectivity index (χ0n) is 11.6. The SMILES string of the molecule is CCCCCCCOC(=O)c1ccc(P(=O)(O)O)cc1. The van der Waals surface area contributed by atoms with E-state index >= 15 is 0 Å². The highest BCUT2D eigenvalue weighted by molar-refractivity contribution is 7.60. The lowest BCUT2D eigenvalue weighted by Gasteiger charge is -2.06. The van der Waals surface area contributed by atoms with Gasteiger partial charge < -0.3 is 14.5 Å². The zero-order chi connectivity index (χ0) is 15.0. The molecule has 0 amide bonds. The fraction of sp³-hybridized carbons (Fsp3) is 0.500. The van der Waals surface area contributed by atoms with Crippen LogP contribution < -0.4 is 5.30 Å². The first kappa shape index (κ1) is 16.9. The van der Waals surface area contributed by atoms with Gasteiger partial charge in [0.15, 0.2) is 0 Å². The maximum absolute atomic E-state index is 11.7. The van der Waals surface area contributed by atoms with Gasteiger partial charge in [-0.25, -0.2) is 4.79 Å². The molecule has 0 bridgehead atoms. The fourth-order valence-corrected chi connectivity index (χ4v) is 2.28. The molecule has 1 aromatic carbocycles. The second kappa shape index (κ2) is 8.20. The van der Waals surface area contributed by atoms with Crippen LogP contribution in [0.4, 0.5) is 0 Å². The van der Waals surface area contributed by atoms with Crippen molar-refractivity contribution in [2.24, 2.45) is 0 Å². The molecule has 2 N–H and O–H groups in total. The first-order valence-electron chi connectivity index (χ1n) is 6.78. The van der Waals surface area contributed by atoms with E-state index in [4.69, 9.17) is 14.5 Å². The molecule has 0 saturated carbocycles. The van der Waals surface area contributed by atoms with Gasteiger partial charge in [0.2, 0.25) is 0 Å². The molecule has 20 heavy (non-hydrogen) atoms. The van der Waals surface area contributed by atoms with Gasteiger partial charge in [-0.15, -0.1) is 0 Å². The topological polar surface area (TPSA) is 83.8 Å². The van der Waals surface area contributed by atoms with Crippen molar-refractivity contribution in [3.8, 4) is 0 Å². The Balaban J connectivity index is 2.39. The summed E-state index contributed by atoms with van der Waals surface area (Å²) in [5.74, 6) is -0.460. The van der Waals surface area contributed by atoms with Crippen molar-refractivity contribution in [3.05, 3.63) is 29.8 Å². The molecule has 0 heterocycles. The molecule has 0 radical (unpaired) electrons. The van der Waals surface area contributed by atoms with Crippen molar-refractivity contribution in [1.29, 1.82) is 0 Å².